The average Bonchev–Trinajstić information content (AvgIpc) is 3.51. The van der Waals surface area contributed by atoms with Gasteiger partial charge in [-0.1, -0.05) is 11.6 Å². The Hall–Kier alpha value is -2.95. The third kappa shape index (κ3) is 6.02. The summed E-state index contributed by atoms with van der Waals surface area (Å²) in [5, 5.41) is 5.11. The predicted molar refractivity (Wildman–Crippen MR) is 100 cm³/mol. The molecule has 8 nitrogen and oxygen atoms in total. The number of anilines is 1. The van der Waals surface area contributed by atoms with Crippen molar-refractivity contribution in [2.75, 3.05) is 11.9 Å². The van der Waals surface area contributed by atoms with Crippen LogP contribution >= 0.6 is 11.6 Å². The summed E-state index contributed by atoms with van der Waals surface area (Å²) in [6.45, 7) is 0.122. The number of hydrogen-bond acceptors (Lipinski definition) is 6. The first-order valence-corrected chi connectivity index (χ1v) is 9.30. The summed E-state index contributed by atoms with van der Waals surface area (Å²) in [4.78, 5) is 36.0. The lowest BCUT2D eigenvalue weighted by molar-refractivity contribution is -0.154. The van der Waals surface area contributed by atoms with Crippen molar-refractivity contribution < 1.29 is 27.5 Å². The second kappa shape index (κ2) is 8.82. The third-order valence-electron chi connectivity index (χ3n) is 4.12. The Bertz CT molecular complexity index is 953. The zero-order chi connectivity index (χ0) is 21.9. The number of rotatable bonds is 7. The van der Waals surface area contributed by atoms with Crippen molar-refractivity contribution in [1.82, 2.24) is 20.3 Å². The molecule has 1 saturated carbocycles. The van der Waals surface area contributed by atoms with Crippen LogP contribution in [0.5, 0.6) is 5.88 Å². The Morgan fingerprint density at radius 2 is 2.07 bits per heavy atom. The molecule has 160 valence electrons. The van der Waals surface area contributed by atoms with Gasteiger partial charge in [0.15, 0.2) is 6.61 Å². The van der Waals surface area contributed by atoms with Gasteiger partial charge >= 0.3 is 6.18 Å². The molecule has 0 saturated heterocycles. The Morgan fingerprint density at radius 3 is 2.70 bits per heavy atom. The number of ether oxygens (including phenoxy) is 1. The van der Waals surface area contributed by atoms with Gasteiger partial charge in [-0.3, -0.25) is 14.9 Å². The summed E-state index contributed by atoms with van der Waals surface area (Å²) in [6.07, 6.45) is -0.274. The molecule has 2 heterocycles. The number of nitrogens with zero attached hydrogens (tertiary/aromatic N) is 3. The molecule has 1 fully saturated rings. The van der Waals surface area contributed by atoms with Crippen LogP contribution in [0.15, 0.2) is 24.5 Å². The van der Waals surface area contributed by atoms with E-state index in [1.54, 1.807) is 6.92 Å². The smallest absolute Gasteiger partial charge is 0.422 e. The first-order valence-electron chi connectivity index (χ1n) is 8.92. The number of aromatic nitrogens is 3. The van der Waals surface area contributed by atoms with Crippen LogP contribution < -0.4 is 15.4 Å². The van der Waals surface area contributed by atoms with E-state index >= 15 is 0 Å². The molecule has 1 unspecified atom stereocenters. The normalized spacial score (nSPS) is 14.7. The molecule has 12 heteroatoms. The van der Waals surface area contributed by atoms with Gasteiger partial charge in [0.05, 0.1) is 6.04 Å². The maximum Gasteiger partial charge on any atom is 0.422 e. The summed E-state index contributed by atoms with van der Waals surface area (Å²) >= 11 is 5.93. The van der Waals surface area contributed by atoms with Crippen molar-refractivity contribution >= 4 is 29.4 Å². The lowest BCUT2D eigenvalue weighted by Gasteiger charge is -2.16. The van der Waals surface area contributed by atoms with Crippen LogP contribution in [0.4, 0.5) is 19.1 Å². The van der Waals surface area contributed by atoms with Crippen molar-refractivity contribution in [3.63, 3.8) is 0 Å². The Balaban J connectivity index is 1.62. The van der Waals surface area contributed by atoms with Gasteiger partial charge in [0.2, 0.25) is 17.7 Å². The van der Waals surface area contributed by atoms with E-state index < -0.39 is 24.7 Å². The van der Waals surface area contributed by atoms with E-state index in [1.165, 1.54) is 24.5 Å². The van der Waals surface area contributed by atoms with Gasteiger partial charge in [0.1, 0.15) is 10.7 Å². The van der Waals surface area contributed by atoms with Gasteiger partial charge in [0.25, 0.3) is 5.91 Å². The number of nitrogens with one attached hydrogen (secondary N) is 2. The molecule has 2 amide bonds. The van der Waals surface area contributed by atoms with E-state index in [4.69, 9.17) is 11.6 Å². The molecule has 2 aromatic rings. The van der Waals surface area contributed by atoms with E-state index in [0.29, 0.717) is 5.56 Å². The molecule has 30 heavy (non-hydrogen) atoms. The monoisotopic (exact) mass is 443 g/mol. The minimum Gasteiger partial charge on any atom is -0.467 e. The van der Waals surface area contributed by atoms with E-state index in [2.05, 4.69) is 30.3 Å². The van der Waals surface area contributed by atoms with Crippen LogP contribution in [-0.4, -0.2) is 39.5 Å². The lowest BCUT2D eigenvalue weighted by atomic mass is 10.1. The number of amides is 2. The molecule has 0 aromatic carbocycles. The summed E-state index contributed by atoms with van der Waals surface area (Å²) in [7, 11) is 0. The number of carbonyl (C=O) groups is 2. The van der Waals surface area contributed by atoms with E-state index in [9.17, 15) is 22.8 Å². The van der Waals surface area contributed by atoms with Gasteiger partial charge in [-0.05, 0) is 37.5 Å². The summed E-state index contributed by atoms with van der Waals surface area (Å²) in [5.74, 6) is -1.09. The van der Waals surface area contributed by atoms with E-state index in [-0.39, 0.29) is 34.4 Å². The summed E-state index contributed by atoms with van der Waals surface area (Å²) < 4.78 is 41.3. The molecule has 0 bridgehead atoms. The maximum absolute atomic E-state index is 12.5. The highest BCUT2D eigenvalue weighted by Crippen LogP contribution is 2.30. The quantitative estimate of drug-likeness (QED) is 0.680. The molecule has 1 aliphatic carbocycles. The summed E-state index contributed by atoms with van der Waals surface area (Å²) in [5.41, 5.74) is 0.483. The van der Waals surface area contributed by atoms with Crippen LogP contribution in [-0.2, 0) is 4.79 Å². The van der Waals surface area contributed by atoms with Crippen molar-refractivity contribution in [1.29, 1.82) is 0 Å². The van der Waals surface area contributed by atoms with Crippen LogP contribution in [0.1, 0.15) is 41.9 Å². The minimum atomic E-state index is -4.51. The van der Waals surface area contributed by atoms with Gasteiger partial charge in [-0.2, -0.15) is 13.2 Å². The predicted octanol–water partition coefficient (Wildman–Crippen LogP) is 3.31. The van der Waals surface area contributed by atoms with Crippen LogP contribution in [0.25, 0.3) is 0 Å². The second-order valence-electron chi connectivity index (χ2n) is 6.68. The SMILES string of the molecule is CC(NC(=O)c1ccnc(NC(=O)C2CC2)n1)c1cnc(OCC(F)(F)F)c(Cl)c1. The van der Waals surface area contributed by atoms with Crippen molar-refractivity contribution in [3.05, 3.63) is 40.8 Å². The summed E-state index contributed by atoms with van der Waals surface area (Å²) in [6, 6.07) is 2.15. The lowest BCUT2D eigenvalue weighted by Crippen LogP contribution is -2.28. The van der Waals surface area contributed by atoms with E-state index in [1.807, 2.05) is 0 Å². The van der Waals surface area contributed by atoms with Gasteiger partial charge in [-0.25, -0.2) is 15.0 Å². The molecule has 0 radical (unpaired) electrons. The Kier molecular flexibility index (Phi) is 6.40. The number of pyridine rings is 1. The third-order valence-corrected chi connectivity index (χ3v) is 4.39. The maximum atomic E-state index is 12.5. The number of alkyl halides is 3. The average molecular weight is 444 g/mol. The highest BCUT2D eigenvalue weighted by Gasteiger charge is 2.30. The largest absolute Gasteiger partial charge is 0.467 e. The van der Waals surface area contributed by atoms with Crippen LogP contribution in [0.2, 0.25) is 5.02 Å². The number of halogens is 4. The van der Waals surface area contributed by atoms with Gasteiger partial charge in [0, 0.05) is 18.3 Å². The Labute approximate surface area is 174 Å². The van der Waals surface area contributed by atoms with Gasteiger partial charge in [-0.15, -0.1) is 0 Å². The molecular weight excluding hydrogens is 427 g/mol. The molecule has 2 N–H and O–H groups in total. The standard InChI is InChI=1S/C18H17ClF3N5O3/c1-9(11-6-12(19)16(24-7-11)30-8-18(20,21)22)25-15(29)13-4-5-23-17(26-13)27-14(28)10-2-3-10/h4-7,9-10H,2-3,8H2,1H3,(H,25,29)(H,23,26,27,28). The molecule has 0 aliphatic heterocycles. The number of hydrogen-bond donors (Lipinski definition) is 2. The van der Waals surface area contributed by atoms with Crippen molar-refractivity contribution in [3.8, 4) is 5.88 Å². The fraction of sp³-hybridized carbons (Fsp3) is 0.389. The molecule has 2 aromatic heterocycles. The van der Waals surface area contributed by atoms with Crippen LogP contribution in [0, 0.1) is 5.92 Å². The minimum absolute atomic E-state index is 0.0306. The second-order valence-corrected chi connectivity index (χ2v) is 7.09. The molecular formula is C18H17ClF3N5O3. The zero-order valence-corrected chi connectivity index (χ0v) is 16.4. The van der Waals surface area contributed by atoms with Crippen molar-refractivity contribution in [2.24, 2.45) is 5.92 Å². The fourth-order valence-corrected chi connectivity index (χ4v) is 2.62. The first-order chi connectivity index (χ1) is 14.1. The number of carbonyl (C=O) groups excluding carboxylic acids is 2. The van der Waals surface area contributed by atoms with E-state index in [0.717, 1.165) is 12.8 Å². The first kappa shape index (κ1) is 21.8. The molecule has 0 spiro atoms. The highest BCUT2D eigenvalue weighted by atomic mass is 35.5. The highest BCUT2D eigenvalue weighted by molar-refractivity contribution is 6.31. The fourth-order valence-electron chi connectivity index (χ4n) is 2.39. The van der Waals surface area contributed by atoms with Crippen molar-refractivity contribution in [2.45, 2.75) is 32.0 Å². The molecule has 1 atom stereocenters. The topological polar surface area (TPSA) is 106 Å². The Morgan fingerprint density at radius 1 is 1.33 bits per heavy atom. The zero-order valence-electron chi connectivity index (χ0n) is 15.7. The molecule has 3 rings (SSSR count). The molecule has 1 aliphatic rings. The van der Waals surface area contributed by atoms with Crippen LogP contribution in [0.3, 0.4) is 0 Å². The van der Waals surface area contributed by atoms with Gasteiger partial charge < -0.3 is 10.1 Å².